The zero-order valence-corrected chi connectivity index (χ0v) is 18.1. The van der Waals surface area contributed by atoms with Crippen molar-refractivity contribution in [1.29, 1.82) is 0 Å². The van der Waals surface area contributed by atoms with Crippen LogP contribution < -0.4 is 5.32 Å². The van der Waals surface area contributed by atoms with E-state index in [1.54, 1.807) is 6.20 Å². The van der Waals surface area contributed by atoms with Crippen molar-refractivity contribution in [2.45, 2.75) is 96.1 Å². The third kappa shape index (κ3) is 4.36. The highest BCUT2D eigenvalue weighted by molar-refractivity contribution is 6.00. The number of anilines is 1. The molecule has 29 heavy (non-hydrogen) atoms. The van der Waals surface area contributed by atoms with E-state index >= 15 is 0 Å². The lowest BCUT2D eigenvalue weighted by Crippen LogP contribution is -2.45. The van der Waals surface area contributed by atoms with Gasteiger partial charge < -0.3 is 10.2 Å². The predicted molar refractivity (Wildman–Crippen MR) is 114 cm³/mol. The Hall–Kier alpha value is -1.85. The molecule has 0 aromatic carbocycles. The normalized spacial score (nSPS) is 24.4. The minimum absolute atomic E-state index is 0.0721. The van der Waals surface area contributed by atoms with Gasteiger partial charge in [-0.25, -0.2) is 4.68 Å². The SMILES string of the molecule is CC1(C)CC(C2CCCCC2)Nc2c(C(=O)CCCCN3CCCC3=O)cnn21. The highest BCUT2D eigenvalue weighted by Crippen LogP contribution is 2.40. The summed E-state index contributed by atoms with van der Waals surface area (Å²) in [6.07, 6.45) is 13.3. The van der Waals surface area contributed by atoms with Crippen molar-refractivity contribution in [3.05, 3.63) is 11.8 Å². The van der Waals surface area contributed by atoms with Gasteiger partial charge in [-0.1, -0.05) is 19.3 Å². The van der Waals surface area contributed by atoms with Crippen LogP contribution in [0.2, 0.25) is 0 Å². The summed E-state index contributed by atoms with van der Waals surface area (Å²) < 4.78 is 2.03. The fraction of sp³-hybridized carbons (Fsp3) is 0.783. The summed E-state index contributed by atoms with van der Waals surface area (Å²) in [7, 11) is 0. The Morgan fingerprint density at radius 1 is 1.21 bits per heavy atom. The van der Waals surface area contributed by atoms with Gasteiger partial charge in [0.2, 0.25) is 5.91 Å². The molecule has 2 aliphatic heterocycles. The van der Waals surface area contributed by atoms with E-state index in [1.165, 1.54) is 32.1 Å². The standard InChI is InChI=1S/C23H36N4O2/c1-23(2)15-19(17-9-4-3-5-10-17)25-22-18(16-24-27(22)23)20(28)11-6-7-13-26-14-8-12-21(26)29/h16-17,19,25H,3-15H2,1-2H3. The van der Waals surface area contributed by atoms with Crippen LogP contribution in [0.5, 0.6) is 0 Å². The Bertz CT molecular complexity index is 748. The van der Waals surface area contributed by atoms with Gasteiger partial charge in [-0.15, -0.1) is 0 Å². The summed E-state index contributed by atoms with van der Waals surface area (Å²) in [6, 6.07) is 0.433. The van der Waals surface area contributed by atoms with Crippen LogP contribution in [0.4, 0.5) is 5.82 Å². The van der Waals surface area contributed by atoms with Crippen molar-refractivity contribution in [3.63, 3.8) is 0 Å². The van der Waals surface area contributed by atoms with E-state index in [2.05, 4.69) is 24.3 Å². The number of carbonyl (C=O) groups is 2. The first-order valence-corrected chi connectivity index (χ1v) is 11.6. The largest absolute Gasteiger partial charge is 0.367 e. The van der Waals surface area contributed by atoms with E-state index in [9.17, 15) is 9.59 Å². The van der Waals surface area contributed by atoms with Gasteiger partial charge in [0.1, 0.15) is 5.82 Å². The zero-order chi connectivity index (χ0) is 20.4. The first-order chi connectivity index (χ1) is 14.0. The molecule has 1 saturated heterocycles. The maximum absolute atomic E-state index is 13.0. The first-order valence-electron chi connectivity index (χ1n) is 11.6. The van der Waals surface area contributed by atoms with Gasteiger partial charge in [0.25, 0.3) is 0 Å². The van der Waals surface area contributed by atoms with Gasteiger partial charge in [0, 0.05) is 32.0 Å². The van der Waals surface area contributed by atoms with E-state index in [0.29, 0.717) is 24.8 Å². The van der Waals surface area contributed by atoms with Gasteiger partial charge in [0.05, 0.1) is 17.3 Å². The van der Waals surface area contributed by atoms with Crippen LogP contribution in [0.15, 0.2) is 6.20 Å². The van der Waals surface area contributed by atoms with Gasteiger partial charge in [-0.05, 0) is 58.3 Å². The number of ketones is 1. The number of nitrogens with zero attached hydrogens (tertiary/aromatic N) is 3. The molecule has 1 N–H and O–H groups in total. The molecule has 1 aromatic rings. The Balaban J connectivity index is 1.38. The van der Waals surface area contributed by atoms with Crippen LogP contribution in [0.3, 0.4) is 0 Å². The topological polar surface area (TPSA) is 67.2 Å². The van der Waals surface area contributed by atoms with Crippen LogP contribution in [-0.4, -0.2) is 45.5 Å². The molecular formula is C23H36N4O2. The van der Waals surface area contributed by atoms with Crippen molar-refractivity contribution >= 4 is 17.5 Å². The zero-order valence-electron chi connectivity index (χ0n) is 18.1. The molecule has 3 aliphatic rings. The maximum atomic E-state index is 13.0. The lowest BCUT2D eigenvalue weighted by Gasteiger charge is -2.42. The summed E-state index contributed by atoms with van der Waals surface area (Å²) in [5.74, 6) is 2.07. The van der Waals surface area contributed by atoms with E-state index in [1.807, 2.05) is 9.58 Å². The molecule has 1 amide bonds. The van der Waals surface area contributed by atoms with Crippen molar-refractivity contribution in [2.24, 2.45) is 5.92 Å². The average Bonchev–Trinajstić information content (AvgIpc) is 3.32. The second kappa shape index (κ2) is 8.49. The summed E-state index contributed by atoms with van der Waals surface area (Å²) in [5.41, 5.74) is 0.674. The van der Waals surface area contributed by atoms with Crippen LogP contribution in [0, 0.1) is 5.92 Å². The predicted octanol–water partition coefficient (Wildman–Crippen LogP) is 4.36. The lowest BCUT2D eigenvalue weighted by molar-refractivity contribution is -0.127. The molecule has 2 fully saturated rings. The maximum Gasteiger partial charge on any atom is 0.222 e. The molecule has 6 nitrogen and oxygen atoms in total. The second-order valence-corrected chi connectivity index (χ2v) is 9.85. The molecule has 160 valence electrons. The molecule has 0 radical (unpaired) electrons. The summed E-state index contributed by atoms with van der Waals surface area (Å²) in [6.45, 7) is 6.14. The van der Waals surface area contributed by atoms with E-state index in [4.69, 9.17) is 0 Å². The second-order valence-electron chi connectivity index (χ2n) is 9.85. The number of rotatable bonds is 7. The van der Waals surface area contributed by atoms with Gasteiger partial charge in [-0.3, -0.25) is 9.59 Å². The summed E-state index contributed by atoms with van der Waals surface area (Å²) >= 11 is 0. The minimum atomic E-state index is -0.0721. The Morgan fingerprint density at radius 3 is 2.72 bits per heavy atom. The Kier molecular flexibility index (Phi) is 5.98. The fourth-order valence-corrected chi connectivity index (χ4v) is 5.49. The van der Waals surface area contributed by atoms with Crippen molar-refractivity contribution < 1.29 is 9.59 Å². The number of hydrogen-bond donors (Lipinski definition) is 1. The molecule has 1 aromatic heterocycles. The molecule has 0 spiro atoms. The molecule has 1 atom stereocenters. The average molecular weight is 401 g/mol. The number of hydrogen-bond acceptors (Lipinski definition) is 4. The molecule has 1 unspecified atom stereocenters. The summed E-state index contributed by atoms with van der Waals surface area (Å²) in [4.78, 5) is 26.6. The Morgan fingerprint density at radius 2 is 2.00 bits per heavy atom. The lowest BCUT2D eigenvalue weighted by atomic mass is 9.78. The van der Waals surface area contributed by atoms with Crippen molar-refractivity contribution in [1.82, 2.24) is 14.7 Å². The van der Waals surface area contributed by atoms with Crippen LogP contribution in [0.1, 0.15) is 94.8 Å². The molecule has 1 saturated carbocycles. The third-order valence-electron chi connectivity index (χ3n) is 7.16. The number of Topliss-reactive ketones (excluding diaryl/α,β-unsaturated/α-hetero) is 1. The van der Waals surface area contributed by atoms with Crippen LogP contribution >= 0.6 is 0 Å². The minimum Gasteiger partial charge on any atom is -0.367 e. The molecule has 6 heteroatoms. The molecule has 1 aliphatic carbocycles. The van der Waals surface area contributed by atoms with Crippen LogP contribution in [0.25, 0.3) is 0 Å². The molecular weight excluding hydrogens is 364 g/mol. The number of fused-ring (bicyclic) bond motifs is 1. The first kappa shape index (κ1) is 20.4. The highest BCUT2D eigenvalue weighted by Gasteiger charge is 2.39. The number of carbonyl (C=O) groups excluding carboxylic acids is 2. The molecule has 4 rings (SSSR count). The van der Waals surface area contributed by atoms with E-state index in [-0.39, 0.29) is 17.2 Å². The highest BCUT2D eigenvalue weighted by atomic mass is 16.2. The number of likely N-dealkylation sites (tertiary alicyclic amines) is 1. The number of aromatic nitrogens is 2. The third-order valence-corrected chi connectivity index (χ3v) is 7.16. The number of unbranched alkanes of at least 4 members (excludes halogenated alkanes) is 1. The Labute approximate surface area is 174 Å². The van der Waals surface area contributed by atoms with Gasteiger partial charge >= 0.3 is 0 Å². The fourth-order valence-electron chi connectivity index (χ4n) is 5.49. The quantitative estimate of drug-likeness (QED) is 0.545. The molecule has 3 heterocycles. The smallest absolute Gasteiger partial charge is 0.222 e. The monoisotopic (exact) mass is 400 g/mol. The summed E-state index contributed by atoms with van der Waals surface area (Å²) in [5, 5.41) is 8.31. The van der Waals surface area contributed by atoms with E-state index in [0.717, 1.165) is 50.2 Å². The molecule has 0 bridgehead atoms. The number of nitrogens with one attached hydrogen (secondary N) is 1. The number of amides is 1. The van der Waals surface area contributed by atoms with Gasteiger partial charge in [0.15, 0.2) is 5.78 Å². The van der Waals surface area contributed by atoms with Crippen LogP contribution in [-0.2, 0) is 10.3 Å². The van der Waals surface area contributed by atoms with Gasteiger partial charge in [-0.2, -0.15) is 5.10 Å². The van der Waals surface area contributed by atoms with E-state index < -0.39 is 0 Å². The van der Waals surface area contributed by atoms with Crippen molar-refractivity contribution in [2.75, 3.05) is 18.4 Å². The van der Waals surface area contributed by atoms with Crippen molar-refractivity contribution in [3.8, 4) is 0 Å².